The van der Waals surface area contributed by atoms with E-state index in [1.165, 1.54) is 27.8 Å². The molecule has 0 amide bonds. The van der Waals surface area contributed by atoms with E-state index in [0.717, 1.165) is 55.8 Å². The monoisotopic (exact) mass is 732 g/mol. The standard InChI is InChI=1S/C48H53BN2O2S/c1-49(52)51(38-36-50-47(40-22-10-5-11-23-40,41-24-12-6-13-25-41)42-32-34-46(53-2)35-33-42)37-20-3-4-21-39-54-48(43-26-14-7-15-27-43,44-28-16-8-17-29-44)45-30-18-9-19-31-45/h5-19,22-35,50,52H,3-4,20-21,36-39H2,1-2H3. The molecule has 54 heavy (non-hydrogen) atoms. The van der Waals surface area contributed by atoms with Gasteiger partial charge in [-0.2, -0.15) is 0 Å². The SMILES string of the molecule is COc1ccc(C(NCCN(CCCCCCSC(c2ccccc2)(c2ccccc2)c2ccccc2)B(C)O)(c2ccccc2)c2ccccc2)cc1. The Labute approximate surface area is 327 Å². The Hall–Kier alpha value is -4.59. The van der Waals surface area contributed by atoms with Crippen molar-refractivity contribution < 1.29 is 9.76 Å². The zero-order valence-electron chi connectivity index (χ0n) is 31.7. The molecule has 0 bridgehead atoms. The molecule has 0 saturated carbocycles. The van der Waals surface area contributed by atoms with E-state index in [1.807, 2.05) is 30.7 Å². The molecular formula is C48H53BN2O2S. The van der Waals surface area contributed by atoms with Crippen LogP contribution in [-0.2, 0) is 10.3 Å². The van der Waals surface area contributed by atoms with E-state index in [-0.39, 0.29) is 4.75 Å². The lowest BCUT2D eigenvalue weighted by molar-refractivity contribution is 0.337. The van der Waals surface area contributed by atoms with Crippen LogP contribution in [0.2, 0.25) is 6.82 Å². The van der Waals surface area contributed by atoms with Crippen molar-refractivity contribution in [2.45, 2.75) is 42.8 Å². The lowest BCUT2D eigenvalue weighted by atomic mass is 9.77. The molecule has 6 aromatic carbocycles. The third-order valence-electron chi connectivity index (χ3n) is 10.5. The van der Waals surface area contributed by atoms with E-state index in [0.29, 0.717) is 6.54 Å². The molecule has 6 rings (SSSR count). The van der Waals surface area contributed by atoms with Crippen molar-refractivity contribution in [1.29, 1.82) is 0 Å². The number of rotatable bonds is 20. The quantitative estimate of drug-likeness (QED) is 0.0465. The molecule has 0 saturated heterocycles. The van der Waals surface area contributed by atoms with E-state index >= 15 is 0 Å². The van der Waals surface area contributed by atoms with Gasteiger partial charge in [-0.15, -0.1) is 11.8 Å². The van der Waals surface area contributed by atoms with Gasteiger partial charge in [-0.1, -0.05) is 177 Å². The molecule has 0 atom stereocenters. The Morgan fingerprint density at radius 1 is 0.537 bits per heavy atom. The molecule has 0 aromatic heterocycles. The fraction of sp³-hybridized carbons (Fsp3) is 0.250. The zero-order valence-corrected chi connectivity index (χ0v) is 32.5. The maximum absolute atomic E-state index is 10.9. The van der Waals surface area contributed by atoms with Gasteiger partial charge in [0.2, 0.25) is 0 Å². The van der Waals surface area contributed by atoms with Gasteiger partial charge >= 0.3 is 7.05 Å². The molecule has 0 heterocycles. The van der Waals surface area contributed by atoms with Crippen molar-refractivity contribution in [3.63, 3.8) is 0 Å². The first-order valence-electron chi connectivity index (χ1n) is 19.3. The summed E-state index contributed by atoms with van der Waals surface area (Å²) in [6, 6.07) is 62.5. The van der Waals surface area contributed by atoms with E-state index in [2.05, 4.69) is 174 Å². The fourth-order valence-corrected chi connectivity index (χ4v) is 9.22. The summed E-state index contributed by atoms with van der Waals surface area (Å²) in [5.74, 6) is 1.88. The van der Waals surface area contributed by atoms with Crippen LogP contribution in [0.25, 0.3) is 0 Å². The first-order chi connectivity index (χ1) is 26.6. The second-order valence-electron chi connectivity index (χ2n) is 13.8. The van der Waals surface area contributed by atoms with E-state index < -0.39 is 12.6 Å². The van der Waals surface area contributed by atoms with Gasteiger partial charge in [-0.05, 0) is 77.5 Å². The van der Waals surface area contributed by atoms with Gasteiger partial charge < -0.3 is 14.6 Å². The summed E-state index contributed by atoms with van der Waals surface area (Å²) in [6.45, 7) is 4.15. The summed E-state index contributed by atoms with van der Waals surface area (Å²) in [6.07, 6.45) is 4.44. The lowest BCUT2D eigenvalue weighted by Gasteiger charge is -2.38. The Balaban J connectivity index is 1.09. The molecule has 2 N–H and O–H groups in total. The van der Waals surface area contributed by atoms with Crippen LogP contribution in [0, 0.1) is 0 Å². The maximum Gasteiger partial charge on any atom is 0.376 e. The van der Waals surface area contributed by atoms with Crippen molar-refractivity contribution in [3.8, 4) is 5.75 Å². The molecule has 0 fully saturated rings. The number of thioether (sulfide) groups is 1. The summed E-state index contributed by atoms with van der Waals surface area (Å²) in [7, 11) is 1.17. The molecule has 0 spiro atoms. The highest BCUT2D eigenvalue weighted by atomic mass is 32.2. The zero-order chi connectivity index (χ0) is 37.5. The minimum absolute atomic E-state index is 0.277. The third-order valence-corrected chi connectivity index (χ3v) is 12.1. The number of methoxy groups -OCH3 is 1. The summed E-state index contributed by atoms with van der Waals surface area (Å²) >= 11 is 2.04. The smallest absolute Gasteiger partial charge is 0.376 e. The van der Waals surface area contributed by atoms with Crippen LogP contribution in [0.5, 0.6) is 5.75 Å². The molecule has 4 nitrogen and oxygen atoms in total. The second-order valence-corrected chi connectivity index (χ2v) is 15.2. The number of unbranched alkanes of at least 4 members (excludes halogenated alkanes) is 3. The van der Waals surface area contributed by atoms with Gasteiger partial charge in [0.25, 0.3) is 0 Å². The minimum Gasteiger partial charge on any atom is -0.497 e. The number of hydrogen-bond donors (Lipinski definition) is 2. The van der Waals surface area contributed by atoms with Gasteiger partial charge in [0.1, 0.15) is 5.75 Å². The van der Waals surface area contributed by atoms with Gasteiger partial charge in [-0.25, -0.2) is 0 Å². The molecule has 6 aromatic rings. The van der Waals surface area contributed by atoms with Gasteiger partial charge in [-0.3, -0.25) is 5.32 Å². The average Bonchev–Trinajstić information content (AvgIpc) is 3.24. The molecule has 0 aliphatic heterocycles. The first-order valence-corrected chi connectivity index (χ1v) is 20.3. The normalized spacial score (nSPS) is 11.8. The van der Waals surface area contributed by atoms with Crippen LogP contribution in [0.15, 0.2) is 176 Å². The van der Waals surface area contributed by atoms with Crippen LogP contribution < -0.4 is 10.1 Å². The third kappa shape index (κ3) is 9.19. The number of nitrogens with zero attached hydrogens (tertiary/aromatic N) is 1. The van der Waals surface area contributed by atoms with Crippen molar-refractivity contribution in [3.05, 3.63) is 209 Å². The largest absolute Gasteiger partial charge is 0.497 e. The van der Waals surface area contributed by atoms with Crippen LogP contribution in [0.1, 0.15) is 59.1 Å². The van der Waals surface area contributed by atoms with Crippen molar-refractivity contribution >= 4 is 18.8 Å². The molecule has 0 aliphatic carbocycles. The maximum atomic E-state index is 10.9. The van der Waals surface area contributed by atoms with Crippen molar-refractivity contribution in [2.24, 2.45) is 0 Å². The predicted octanol–water partition coefficient (Wildman–Crippen LogP) is 10.3. The van der Waals surface area contributed by atoms with Gasteiger partial charge in [0.05, 0.1) is 17.4 Å². The van der Waals surface area contributed by atoms with E-state index in [1.54, 1.807) is 7.11 Å². The number of nitrogens with one attached hydrogen (secondary N) is 1. The van der Waals surface area contributed by atoms with Crippen LogP contribution in [0.4, 0.5) is 0 Å². The number of benzene rings is 6. The summed E-state index contributed by atoms with van der Waals surface area (Å²) in [5.41, 5.74) is 6.82. The molecule has 0 unspecified atom stereocenters. The van der Waals surface area contributed by atoms with Crippen LogP contribution in [-0.4, -0.2) is 49.4 Å². The topological polar surface area (TPSA) is 44.7 Å². The van der Waals surface area contributed by atoms with Crippen molar-refractivity contribution in [1.82, 2.24) is 10.1 Å². The Kier molecular flexibility index (Phi) is 14.2. The van der Waals surface area contributed by atoms with E-state index in [9.17, 15) is 5.02 Å². The van der Waals surface area contributed by atoms with E-state index in [4.69, 9.17) is 4.74 Å². The Bertz CT molecular complexity index is 1790. The van der Waals surface area contributed by atoms with Crippen LogP contribution in [0.3, 0.4) is 0 Å². The number of ether oxygens (including phenoxy) is 1. The molecule has 6 heteroatoms. The van der Waals surface area contributed by atoms with Gasteiger partial charge in [0, 0.05) is 13.1 Å². The fourth-order valence-electron chi connectivity index (χ4n) is 7.66. The summed E-state index contributed by atoms with van der Waals surface area (Å²) in [5, 5.41) is 14.9. The molecular weight excluding hydrogens is 679 g/mol. The molecule has 0 radical (unpaired) electrons. The Morgan fingerprint density at radius 2 is 0.944 bits per heavy atom. The first kappa shape index (κ1) is 39.1. The van der Waals surface area contributed by atoms with Gasteiger partial charge in [0.15, 0.2) is 0 Å². The highest BCUT2D eigenvalue weighted by molar-refractivity contribution is 8.00. The predicted molar refractivity (Wildman–Crippen MR) is 229 cm³/mol. The molecule has 276 valence electrons. The second kappa shape index (κ2) is 19.7. The Morgan fingerprint density at radius 3 is 1.37 bits per heavy atom. The average molecular weight is 733 g/mol. The summed E-state index contributed by atoms with van der Waals surface area (Å²) in [4.78, 5) is 2.20. The highest BCUT2D eigenvalue weighted by Gasteiger charge is 2.37. The lowest BCUT2D eigenvalue weighted by Crippen LogP contribution is -2.49. The minimum atomic E-state index is -0.578. The molecule has 0 aliphatic rings. The number of hydrogen-bond acceptors (Lipinski definition) is 5. The summed E-state index contributed by atoms with van der Waals surface area (Å²) < 4.78 is 5.24. The van der Waals surface area contributed by atoms with Crippen LogP contribution >= 0.6 is 11.8 Å². The highest BCUT2D eigenvalue weighted by Crippen LogP contribution is 2.48. The van der Waals surface area contributed by atoms with Crippen molar-refractivity contribution in [2.75, 3.05) is 32.5 Å².